The maximum absolute atomic E-state index is 12.6. The molecule has 3 rings (SSSR count). The zero-order chi connectivity index (χ0) is 17.3. The zero-order valence-corrected chi connectivity index (χ0v) is 13.2. The highest BCUT2D eigenvalue weighted by Crippen LogP contribution is 2.29. The van der Waals surface area contributed by atoms with Gasteiger partial charge in [-0.1, -0.05) is 0 Å². The number of halogens is 3. The first-order valence-corrected chi connectivity index (χ1v) is 8.11. The van der Waals surface area contributed by atoms with Crippen molar-refractivity contribution in [3.05, 3.63) is 35.4 Å². The minimum absolute atomic E-state index is 0.0399. The summed E-state index contributed by atoms with van der Waals surface area (Å²) in [6.45, 7) is 2.57. The van der Waals surface area contributed by atoms with Gasteiger partial charge in [0, 0.05) is 37.7 Å². The molecule has 2 saturated heterocycles. The third-order valence-corrected chi connectivity index (χ3v) is 4.76. The van der Waals surface area contributed by atoms with Crippen molar-refractivity contribution in [3.8, 4) is 0 Å². The van der Waals surface area contributed by atoms with Crippen molar-refractivity contribution in [3.63, 3.8) is 0 Å². The van der Waals surface area contributed by atoms with Crippen LogP contribution >= 0.6 is 0 Å². The molecular weight excluding hydrogens is 321 g/mol. The summed E-state index contributed by atoms with van der Waals surface area (Å²) in [5.41, 5.74) is -0.520. The zero-order valence-electron chi connectivity index (χ0n) is 13.2. The highest BCUT2D eigenvalue weighted by molar-refractivity contribution is 5.94. The first kappa shape index (κ1) is 16.8. The van der Waals surface area contributed by atoms with Crippen molar-refractivity contribution in [2.45, 2.75) is 25.4 Å². The number of benzene rings is 1. The van der Waals surface area contributed by atoms with Crippen molar-refractivity contribution in [1.82, 2.24) is 9.80 Å². The van der Waals surface area contributed by atoms with Gasteiger partial charge in [-0.3, -0.25) is 9.59 Å². The van der Waals surface area contributed by atoms with Gasteiger partial charge in [-0.15, -0.1) is 0 Å². The smallest absolute Gasteiger partial charge is 0.342 e. The number of alkyl halides is 3. The van der Waals surface area contributed by atoms with Gasteiger partial charge in [-0.25, -0.2) is 0 Å². The normalized spacial score (nSPS) is 19.1. The Morgan fingerprint density at radius 2 is 1.50 bits per heavy atom. The number of carbonyl (C=O) groups excluding carboxylic acids is 2. The topological polar surface area (TPSA) is 40.6 Å². The monoisotopic (exact) mass is 340 g/mol. The van der Waals surface area contributed by atoms with E-state index in [1.165, 1.54) is 12.1 Å². The number of hydrogen-bond donors (Lipinski definition) is 0. The molecule has 2 fully saturated rings. The molecule has 0 bridgehead atoms. The predicted molar refractivity (Wildman–Crippen MR) is 81.3 cm³/mol. The number of carbonyl (C=O) groups is 2. The number of rotatable bonds is 2. The van der Waals surface area contributed by atoms with Crippen molar-refractivity contribution in [2.75, 3.05) is 26.2 Å². The Kier molecular flexibility index (Phi) is 4.51. The molecule has 2 heterocycles. The molecule has 0 atom stereocenters. The second kappa shape index (κ2) is 6.45. The van der Waals surface area contributed by atoms with E-state index in [1.807, 2.05) is 4.90 Å². The van der Waals surface area contributed by atoms with E-state index in [9.17, 15) is 22.8 Å². The van der Waals surface area contributed by atoms with Gasteiger partial charge in [-0.05, 0) is 43.5 Å². The van der Waals surface area contributed by atoms with Crippen LogP contribution in [0.5, 0.6) is 0 Å². The Morgan fingerprint density at radius 3 is 1.96 bits per heavy atom. The first-order chi connectivity index (χ1) is 11.4. The van der Waals surface area contributed by atoms with Crippen LogP contribution in [0.2, 0.25) is 0 Å². The van der Waals surface area contributed by atoms with Gasteiger partial charge in [0.2, 0.25) is 5.91 Å². The van der Waals surface area contributed by atoms with Crippen molar-refractivity contribution in [1.29, 1.82) is 0 Å². The molecule has 7 heteroatoms. The molecule has 0 spiro atoms. The fourth-order valence-electron chi connectivity index (χ4n) is 3.11. The third kappa shape index (κ3) is 3.39. The van der Waals surface area contributed by atoms with Gasteiger partial charge in [-0.2, -0.15) is 13.2 Å². The fraction of sp³-hybridized carbons (Fsp3) is 0.529. The molecule has 4 nitrogen and oxygen atoms in total. The van der Waals surface area contributed by atoms with Gasteiger partial charge in [0.25, 0.3) is 5.91 Å². The van der Waals surface area contributed by atoms with Crippen LogP contribution in [-0.4, -0.2) is 47.8 Å². The third-order valence-electron chi connectivity index (χ3n) is 4.76. The minimum Gasteiger partial charge on any atom is -0.342 e. The van der Waals surface area contributed by atoms with E-state index in [1.54, 1.807) is 4.90 Å². The highest BCUT2D eigenvalue weighted by atomic mass is 19.4. The molecule has 2 amide bonds. The summed E-state index contributed by atoms with van der Waals surface area (Å²) in [4.78, 5) is 28.0. The van der Waals surface area contributed by atoms with Gasteiger partial charge >= 0.3 is 6.18 Å². The lowest BCUT2D eigenvalue weighted by atomic mass is 9.93. The van der Waals surface area contributed by atoms with Crippen LogP contribution in [0.15, 0.2) is 24.3 Å². The lowest BCUT2D eigenvalue weighted by Crippen LogP contribution is -2.48. The number of piperidine rings is 1. The molecule has 0 saturated carbocycles. The van der Waals surface area contributed by atoms with Crippen LogP contribution in [0, 0.1) is 5.92 Å². The molecule has 0 radical (unpaired) electrons. The summed E-state index contributed by atoms with van der Waals surface area (Å²) in [7, 11) is 0. The second-order valence-electron chi connectivity index (χ2n) is 6.32. The maximum atomic E-state index is 12.6. The van der Waals surface area contributed by atoms with Crippen LogP contribution in [0.25, 0.3) is 0 Å². The SMILES string of the molecule is O=C(c1ccc(C(F)(F)F)cc1)N1CCC(C(=O)N2CCC2)CC1. The molecule has 0 aliphatic carbocycles. The summed E-state index contributed by atoms with van der Waals surface area (Å²) in [6.07, 6.45) is -2.13. The maximum Gasteiger partial charge on any atom is 0.416 e. The van der Waals surface area contributed by atoms with E-state index in [2.05, 4.69) is 0 Å². The summed E-state index contributed by atoms with van der Waals surface area (Å²) < 4.78 is 37.7. The largest absolute Gasteiger partial charge is 0.416 e. The van der Waals surface area contributed by atoms with Crippen LogP contribution in [0.1, 0.15) is 35.2 Å². The average molecular weight is 340 g/mol. The van der Waals surface area contributed by atoms with Crippen molar-refractivity contribution < 1.29 is 22.8 Å². The minimum atomic E-state index is -4.41. The van der Waals surface area contributed by atoms with Gasteiger partial charge in [0.15, 0.2) is 0 Å². The quantitative estimate of drug-likeness (QED) is 0.831. The lowest BCUT2D eigenvalue weighted by molar-refractivity contribution is -0.140. The van der Waals surface area contributed by atoms with Crippen molar-refractivity contribution in [2.24, 2.45) is 5.92 Å². The Balaban J connectivity index is 1.57. The molecular formula is C17H19F3N2O2. The highest BCUT2D eigenvalue weighted by Gasteiger charge is 2.33. The van der Waals surface area contributed by atoms with E-state index in [4.69, 9.17) is 0 Å². The summed E-state index contributed by atoms with van der Waals surface area (Å²) in [6, 6.07) is 4.27. The molecule has 2 aliphatic heterocycles. The van der Waals surface area contributed by atoms with E-state index >= 15 is 0 Å². The van der Waals surface area contributed by atoms with E-state index in [0.717, 1.165) is 31.6 Å². The molecule has 2 aliphatic rings. The fourth-order valence-corrected chi connectivity index (χ4v) is 3.11. The van der Waals surface area contributed by atoms with Gasteiger partial charge < -0.3 is 9.80 Å². The summed E-state index contributed by atoms with van der Waals surface area (Å²) in [5.74, 6) is -0.150. The predicted octanol–water partition coefficient (Wildman–Crippen LogP) is 2.79. The van der Waals surface area contributed by atoms with E-state index in [0.29, 0.717) is 25.9 Å². The molecule has 1 aromatic rings. The Morgan fingerprint density at radius 1 is 0.917 bits per heavy atom. The van der Waals surface area contributed by atoms with Gasteiger partial charge in [0.05, 0.1) is 5.56 Å². The Hall–Kier alpha value is -2.05. The lowest BCUT2D eigenvalue weighted by Gasteiger charge is -2.37. The molecule has 0 aromatic heterocycles. The van der Waals surface area contributed by atoms with E-state index < -0.39 is 11.7 Å². The first-order valence-electron chi connectivity index (χ1n) is 8.11. The molecule has 24 heavy (non-hydrogen) atoms. The average Bonchev–Trinajstić information content (AvgIpc) is 2.52. The Bertz CT molecular complexity index is 616. The second-order valence-corrected chi connectivity index (χ2v) is 6.32. The molecule has 0 N–H and O–H groups in total. The summed E-state index contributed by atoms with van der Waals surface area (Å²) >= 11 is 0. The molecule has 130 valence electrons. The van der Waals surface area contributed by atoms with Crippen LogP contribution in [-0.2, 0) is 11.0 Å². The van der Waals surface area contributed by atoms with Crippen LogP contribution in [0.3, 0.4) is 0 Å². The number of nitrogens with zero attached hydrogens (tertiary/aromatic N) is 2. The Labute approximate surface area is 138 Å². The molecule has 0 unspecified atom stereocenters. The van der Waals surface area contributed by atoms with Crippen LogP contribution in [0.4, 0.5) is 13.2 Å². The van der Waals surface area contributed by atoms with Crippen molar-refractivity contribution >= 4 is 11.8 Å². The number of likely N-dealkylation sites (tertiary alicyclic amines) is 2. The van der Waals surface area contributed by atoms with Crippen LogP contribution < -0.4 is 0 Å². The number of hydrogen-bond acceptors (Lipinski definition) is 2. The van der Waals surface area contributed by atoms with E-state index in [-0.39, 0.29) is 23.3 Å². The standard InChI is InChI=1S/C17H19F3N2O2/c18-17(19,20)14-4-2-12(3-5-14)15(23)22-10-6-13(7-11-22)16(24)21-8-1-9-21/h2-5,13H,1,6-11H2. The number of amides is 2. The summed E-state index contributed by atoms with van der Waals surface area (Å²) in [5, 5.41) is 0. The molecule has 1 aromatic carbocycles. The van der Waals surface area contributed by atoms with Gasteiger partial charge in [0.1, 0.15) is 0 Å².